The van der Waals surface area contributed by atoms with E-state index in [1.54, 1.807) is 6.92 Å². The van der Waals surface area contributed by atoms with Crippen molar-refractivity contribution < 1.29 is 23.8 Å². The van der Waals surface area contributed by atoms with Gasteiger partial charge in [-0.1, -0.05) is 22.0 Å². The lowest BCUT2D eigenvalue weighted by atomic mass is 9.49. The Labute approximate surface area is 178 Å². The number of nitrogens with one attached hydrogen (secondary N) is 1. The molecule has 0 spiro atoms. The highest BCUT2D eigenvalue weighted by atomic mass is 79.9. The summed E-state index contributed by atoms with van der Waals surface area (Å²) in [5.41, 5.74) is 0.489. The summed E-state index contributed by atoms with van der Waals surface area (Å²) in [5.74, 6) is 2.11. The minimum absolute atomic E-state index is 0.0843. The highest BCUT2D eigenvalue weighted by molar-refractivity contribution is 9.10. The topological polar surface area (TPSA) is 73.9 Å². The van der Waals surface area contributed by atoms with E-state index in [0.717, 1.165) is 37.7 Å². The molecular formula is C22H26BrNO5. The number of benzene rings is 1. The first-order chi connectivity index (χ1) is 13.8. The standard InChI is InChI=1S/C22H26BrNO5/c1-13(19(25)24-10-14-2-3-17-18(5-14)28-12-27-17)29-20(26)21-6-15-4-16(7-21)9-22(23,8-15)11-21/h2-3,5,13,15-16H,4,6-12H2,1H3,(H,24,25). The summed E-state index contributed by atoms with van der Waals surface area (Å²) in [6.45, 7) is 2.21. The highest BCUT2D eigenvalue weighted by Crippen LogP contribution is 2.64. The average molecular weight is 464 g/mol. The Balaban J connectivity index is 1.18. The maximum Gasteiger partial charge on any atom is 0.312 e. The van der Waals surface area contributed by atoms with E-state index in [9.17, 15) is 9.59 Å². The number of fused-ring (bicyclic) bond motifs is 1. The van der Waals surface area contributed by atoms with Gasteiger partial charge in [0.1, 0.15) is 0 Å². The molecule has 1 heterocycles. The van der Waals surface area contributed by atoms with E-state index >= 15 is 0 Å². The van der Waals surface area contributed by atoms with Crippen LogP contribution in [0.1, 0.15) is 51.0 Å². The smallest absolute Gasteiger partial charge is 0.312 e. The Bertz CT molecular complexity index is 842. The van der Waals surface area contributed by atoms with Gasteiger partial charge in [0, 0.05) is 10.9 Å². The number of alkyl halides is 1. The number of amides is 1. The van der Waals surface area contributed by atoms with E-state index in [1.165, 1.54) is 6.42 Å². The highest BCUT2D eigenvalue weighted by Gasteiger charge is 2.60. The van der Waals surface area contributed by atoms with E-state index < -0.39 is 11.5 Å². The van der Waals surface area contributed by atoms with Gasteiger partial charge in [-0.25, -0.2) is 0 Å². The molecule has 29 heavy (non-hydrogen) atoms. The van der Waals surface area contributed by atoms with Crippen molar-refractivity contribution in [2.24, 2.45) is 17.3 Å². The molecule has 3 atom stereocenters. The number of ether oxygens (including phenoxy) is 3. The average Bonchev–Trinajstić information content (AvgIpc) is 3.11. The van der Waals surface area contributed by atoms with Gasteiger partial charge in [-0.15, -0.1) is 0 Å². The molecule has 0 aromatic heterocycles. The number of esters is 1. The molecule has 4 bridgehead atoms. The lowest BCUT2D eigenvalue weighted by Gasteiger charge is -2.58. The normalized spacial score (nSPS) is 34.7. The molecule has 156 valence electrons. The number of hydrogen-bond acceptors (Lipinski definition) is 5. The molecular weight excluding hydrogens is 438 g/mol. The van der Waals surface area contributed by atoms with Gasteiger partial charge in [0.2, 0.25) is 6.79 Å². The van der Waals surface area contributed by atoms with Crippen LogP contribution >= 0.6 is 15.9 Å². The predicted molar refractivity (Wildman–Crippen MR) is 109 cm³/mol. The molecule has 7 heteroatoms. The molecule has 1 aromatic rings. The summed E-state index contributed by atoms with van der Waals surface area (Å²) >= 11 is 3.92. The van der Waals surface area contributed by atoms with Gasteiger partial charge in [0.15, 0.2) is 17.6 Å². The van der Waals surface area contributed by atoms with Crippen LogP contribution < -0.4 is 14.8 Å². The second-order valence-electron chi connectivity index (χ2n) is 9.35. The van der Waals surface area contributed by atoms with Crippen LogP contribution in [0.4, 0.5) is 0 Å². The quantitative estimate of drug-likeness (QED) is 0.532. The van der Waals surface area contributed by atoms with Crippen molar-refractivity contribution >= 4 is 27.8 Å². The zero-order valence-electron chi connectivity index (χ0n) is 16.5. The summed E-state index contributed by atoms with van der Waals surface area (Å²) in [5, 5.41) is 2.85. The second kappa shape index (κ2) is 6.89. The Morgan fingerprint density at radius 3 is 2.66 bits per heavy atom. The van der Waals surface area contributed by atoms with Gasteiger partial charge in [-0.2, -0.15) is 0 Å². The predicted octanol–water partition coefficient (Wildman–Crippen LogP) is 3.70. The fourth-order valence-corrected chi connectivity index (χ4v) is 7.56. The molecule has 1 aromatic carbocycles. The van der Waals surface area contributed by atoms with Crippen molar-refractivity contribution in [1.82, 2.24) is 5.32 Å². The maximum absolute atomic E-state index is 13.1. The first-order valence-corrected chi connectivity index (χ1v) is 11.2. The minimum atomic E-state index is -0.809. The lowest BCUT2D eigenvalue weighted by molar-refractivity contribution is -0.176. The van der Waals surface area contributed by atoms with Crippen LogP contribution in [0.25, 0.3) is 0 Å². The first kappa shape index (κ1) is 19.2. The van der Waals surface area contributed by atoms with Gasteiger partial charge in [0.25, 0.3) is 5.91 Å². The molecule has 0 radical (unpaired) electrons. The van der Waals surface area contributed by atoms with Crippen molar-refractivity contribution in [3.05, 3.63) is 23.8 Å². The van der Waals surface area contributed by atoms with Crippen molar-refractivity contribution in [2.45, 2.75) is 62.4 Å². The number of rotatable bonds is 5. The fraction of sp³-hybridized carbons (Fsp3) is 0.636. The van der Waals surface area contributed by atoms with Crippen molar-refractivity contribution in [3.63, 3.8) is 0 Å². The second-order valence-corrected chi connectivity index (χ2v) is 11.0. The first-order valence-electron chi connectivity index (χ1n) is 10.4. The van der Waals surface area contributed by atoms with E-state index in [-0.39, 0.29) is 23.0 Å². The van der Waals surface area contributed by atoms with Crippen molar-refractivity contribution in [2.75, 3.05) is 6.79 Å². The molecule has 1 amide bonds. The lowest BCUT2D eigenvalue weighted by Crippen LogP contribution is -2.56. The molecule has 0 saturated heterocycles. The third kappa shape index (κ3) is 3.51. The maximum atomic E-state index is 13.1. The SMILES string of the molecule is CC(OC(=O)C12CC3CC(CC(Br)(C3)C1)C2)C(=O)NCc1ccc2c(c1)OCO2. The van der Waals surface area contributed by atoms with Gasteiger partial charge >= 0.3 is 5.97 Å². The number of carbonyl (C=O) groups excluding carboxylic acids is 2. The number of hydrogen-bond donors (Lipinski definition) is 1. The molecule has 5 aliphatic rings. The Morgan fingerprint density at radius 1 is 1.21 bits per heavy atom. The van der Waals surface area contributed by atoms with Crippen LogP contribution in [0.2, 0.25) is 0 Å². The Hall–Kier alpha value is -1.76. The van der Waals surface area contributed by atoms with Crippen LogP contribution in [0.3, 0.4) is 0 Å². The zero-order valence-corrected chi connectivity index (χ0v) is 18.1. The van der Waals surface area contributed by atoms with E-state index in [1.807, 2.05) is 18.2 Å². The van der Waals surface area contributed by atoms with Crippen LogP contribution in [0.15, 0.2) is 18.2 Å². The molecule has 4 fully saturated rings. The molecule has 4 saturated carbocycles. The largest absolute Gasteiger partial charge is 0.454 e. The van der Waals surface area contributed by atoms with Crippen molar-refractivity contribution in [3.8, 4) is 11.5 Å². The third-order valence-electron chi connectivity index (χ3n) is 6.98. The van der Waals surface area contributed by atoms with Crippen LogP contribution in [0, 0.1) is 17.3 Å². The summed E-state index contributed by atoms with van der Waals surface area (Å²) in [7, 11) is 0. The molecule has 4 aliphatic carbocycles. The summed E-state index contributed by atoms with van der Waals surface area (Å²) < 4.78 is 16.4. The van der Waals surface area contributed by atoms with Crippen LogP contribution in [0.5, 0.6) is 11.5 Å². The fourth-order valence-electron chi connectivity index (χ4n) is 6.11. The minimum Gasteiger partial charge on any atom is -0.454 e. The molecule has 6 rings (SSSR count). The summed E-state index contributed by atoms with van der Waals surface area (Å²) in [4.78, 5) is 25.6. The molecule has 3 unspecified atom stereocenters. The van der Waals surface area contributed by atoms with Gasteiger partial charge in [-0.05, 0) is 75.0 Å². The monoisotopic (exact) mass is 463 g/mol. The number of carbonyl (C=O) groups is 2. The van der Waals surface area contributed by atoms with E-state index in [4.69, 9.17) is 14.2 Å². The zero-order chi connectivity index (χ0) is 20.2. The Morgan fingerprint density at radius 2 is 1.93 bits per heavy atom. The van der Waals surface area contributed by atoms with Crippen molar-refractivity contribution in [1.29, 1.82) is 0 Å². The van der Waals surface area contributed by atoms with E-state index in [2.05, 4.69) is 21.2 Å². The molecule has 6 nitrogen and oxygen atoms in total. The summed E-state index contributed by atoms with van der Waals surface area (Å²) in [6, 6.07) is 5.57. The third-order valence-corrected chi connectivity index (χ3v) is 7.91. The molecule has 1 N–H and O–H groups in total. The molecule has 1 aliphatic heterocycles. The Kier molecular flexibility index (Phi) is 4.57. The van der Waals surface area contributed by atoms with Gasteiger partial charge in [0.05, 0.1) is 5.41 Å². The van der Waals surface area contributed by atoms with Gasteiger partial charge in [-0.3, -0.25) is 9.59 Å². The summed E-state index contributed by atoms with van der Waals surface area (Å²) in [6.07, 6.45) is 5.37. The number of halogens is 1. The van der Waals surface area contributed by atoms with Crippen LogP contribution in [-0.4, -0.2) is 29.1 Å². The van der Waals surface area contributed by atoms with Gasteiger partial charge < -0.3 is 19.5 Å². The van der Waals surface area contributed by atoms with Crippen LogP contribution in [-0.2, 0) is 20.9 Å². The van der Waals surface area contributed by atoms with E-state index in [0.29, 0.717) is 29.9 Å².